The third-order valence-corrected chi connectivity index (χ3v) is 1.92. The fourth-order valence-electron chi connectivity index (χ4n) is 1.30. The van der Waals surface area contributed by atoms with Gasteiger partial charge in [0.25, 0.3) is 6.43 Å². The Kier molecular flexibility index (Phi) is 3.60. The topological polar surface area (TPSA) is 36.7 Å². The lowest BCUT2D eigenvalue weighted by Gasteiger charge is -2.15. The van der Waals surface area contributed by atoms with Crippen molar-refractivity contribution in [3.05, 3.63) is 28.8 Å². The largest absolute Gasteiger partial charge is 0.417 e. The molecular weight excluding hydrogens is 250 g/mol. The summed E-state index contributed by atoms with van der Waals surface area (Å²) in [6.45, 7) is 0. The van der Waals surface area contributed by atoms with Crippen LogP contribution in [0.2, 0.25) is 0 Å². The molecule has 1 rings (SSSR count). The van der Waals surface area contributed by atoms with Crippen LogP contribution in [0.25, 0.3) is 0 Å². The van der Waals surface area contributed by atoms with Crippen molar-refractivity contribution in [3.63, 3.8) is 0 Å². The third-order valence-electron chi connectivity index (χ3n) is 1.92. The second kappa shape index (κ2) is 4.61. The molecule has 92 valence electrons. The van der Waals surface area contributed by atoms with Gasteiger partial charge < -0.3 is 0 Å². The summed E-state index contributed by atoms with van der Waals surface area (Å²) >= 11 is 0. The van der Waals surface area contributed by atoms with Crippen molar-refractivity contribution in [1.29, 1.82) is 5.26 Å². The van der Waals surface area contributed by atoms with E-state index in [1.165, 1.54) is 6.07 Å². The number of nitrogens with zero attached hydrogens (tertiary/aromatic N) is 2. The van der Waals surface area contributed by atoms with E-state index in [0.717, 1.165) is 0 Å². The van der Waals surface area contributed by atoms with Gasteiger partial charge in [-0.15, -0.1) is 0 Å². The van der Waals surface area contributed by atoms with Crippen LogP contribution in [0.3, 0.4) is 0 Å². The van der Waals surface area contributed by atoms with Crippen molar-refractivity contribution in [2.45, 2.75) is 19.0 Å². The fraction of sp³-hybridized carbons (Fsp3) is 0.333. The van der Waals surface area contributed by atoms with Crippen LogP contribution in [-0.4, -0.2) is 4.98 Å². The minimum Gasteiger partial charge on any atom is -0.228 e. The summed E-state index contributed by atoms with van der Waals surface area (Å²) < 4.78 is 75.2. The van der Waals surface area contributed by atoms with Gasteiger partial charge in [0.15, 0.2) is 0 Å². The molecule has 0 saturated carbocycles. The van der Waals surface area contributed by atoms with Crippen molar-refractivity contribution >= 4 is 0 Å². The molecule has 0 radical (unpaired) electrons. The molecule has 0 unspecified atom stereocenters. The number of nitriles is 1. The highest BCUT2D eigenvalue weighted by atomic mass is 19.4. The second-order valence-corrected chi connectivity index (χ2v) is 3.00. The van der Waals surface area contributed by atoms with Gasteiger partial charge in [-0.25, -0.2) is 13.8 Å². The van der Waals surface area contributed by atoms with Gasteiger partial charge in [-0.1, -0.05) is 0 Å². The predicted molar refractivity (Wildman–Crippen MR) is 43.5 cm³/mol. The summed E-state index contributed by atoms with van der Waals surface area (Å²) in [5.41, 5.74) is -4.40. The van der Waals surface area contributed by atoms with E-state index in [0.29, 0.717) is 6.20 Å². The molecule has 0 spiro atoms. The Hall–Kier alpha value is -1.78. The van der Waals surface area contributed by atoms with Crippen LogP contribution in [0.5, 0.6) is 0 Å². The van der Waals surface area contributed by atoms with Gasteiger partial charge in [0, 0.05) is 6.20 Å². The monoisotopic (exact) mass is 254 g/mol. The van der Waals surface area contributed by atoms with Gasteiger partial charge in [0.05, 0.1) is 23.6 Å². The molecule has 0 N–H and O–H groups in total. The maximum atomic E-state index is 12.9. The Morgan fingerprint density at radius 1 is 1.35 bits per heavy atom. The fourth-order valence-corrected chi connectivity index (χ4v) is 1.30. The Labute approximate surface area is 91.5 Å². The first kappa shape index (κ1) is 13.3. The lowest BCUT2D eigenvalue weighted by atomic mass is 10.0. The van der Waals surface area contributed by atoms with Crippen LogP contribution in [-0.2, 0) is 12.6 Å². The van der Waals surface area contributed by atoms with Crippen molar-refractivity contribution in [1.82, 2.24) is 4.98 Å². The highest BCUT2D eigenvalue weighted by Gasteiger charge is 2.40. The van der Waals surface area contributed by atoms with E-state index in [1.54, 1.807) is 0 Å². The highest BCUT2D eigenvalue weighted by molar-refractivity contribution is 5.37. The first-order valence-corrected chi connectivity index (χ1v) is 4.18. The number of halogens is 6. The summed E-state index contributed by atoms with van der Waals surface area (Å²) in [5.74, 6) is -1.88. The molecule has 0 aliphatic heterocycles. The molecular formula is C9H4F6N2. The summed E-state index contributed by atoms with van der Waals surface area (Å²) in [6, 6.07) is 1.37. The molecule has 0 bridgehead atoms. The molecule has 0 aliphatic carbocycles. The molecule has 2 nitrogen and oxygen atoms in total. The molecule has 1 aromatic rings. The predicted octanol–water partition coefficient (Wildman–Crippen LogP) is 3.24. The van der Waals surface area contributed by atoms with Crippen LogP contribution in [0, 0.1) is 17.3 Å². The van der Waals surface area contributed by atoms with Gasteiger partial charge in [0.1, 0.15) is 0 Å². The van der Waals surface area contributed by atoms with E-state index < -0.39 is 41.7 Å². The van der Waals surface area contributed by atoms with E-state index in [4.69, 9.17) is 5.26 Å². The zero-order valence-corrected chi connectivity index (χ0v) is 8.02. The van der Waals surface area contributed by atoms with Gasteiger partial charge in [-0.3, -0.25) is 0 Å². The first-order valence-electron chi connectivity index (χ1n) is 4.18. The number of aromatic nitrogens is 1. The molecule has 1 heterocycles. The van der Waals surface area contributed by atoms with Crippen molar-refractivity contribution < 1.29 is 26.3 Å². The van der Waals surface area contributed by atoms with Crippen LogP contribution < -0.4 is 0 Å². The molecule has 1 aromatic heterocycles. The number of hydrogen-bond acceptors (Lipinski definition) is 2. The molecule has 0 aliphatic rings. The lowest BCUT2D eigenvalue weighted by molar-refractivity contribution is -0.140. The third kappa shape index (κ3) is 2.67. The zero-order chi connectivity index (χ0) is 13.2. The summed E-state index contributed by atoms with van der Waals surface area (Å²) in [7, 11) is 0. The summed E-state index contributed by atoms with van der Waals surface area (Å²) in [6.07, 6.45) is -9.16. The molecule has 17 heavy (non-hydrogen) atoms. The average molecular weight is 254 g/mol. The molecule has 0 fully saturated rings. The number of pyridine rings is 1. The SMILES string of the molecule is N#CCc1cnc(F)c(C(F)F)c1C(F)(F)F. The minimum absolute atomic E-state index is 0.438. The van der Waals surface area contributed by atoms with Crippen LogP contribution in [0.1, 0.15) is 23.1 Å². The molecule has 0 saturated heterocycles. The Bertz CT molecular complexity index is 460. The van der Waals surface area contributed by atoms with Crippen LogP contribution >= 0.6 is 0 Å². The van der Waals surface area contributed by atoms with E-state index in [1.807, 2.05) is 0 Å². The number of alkyl halides is 5. The molecule has 0 aromatic carbocycles. The Morgan fingerprint density at radius 2 is 1.94 bits per heavy atom. The van der Waals surface area contributed by atoms with E-state index >= 15 is 0 Å². The molecule has 0 atom stereocenters. The van der Waals surface area contributed by atoms with Crippen LogP contribution in [0.4, 0.5) is 26.3 Å². The van der Waals surface area contributed by atoms with E-state index in [9.17, 15) is 26.3 Å². The van der Waals surface area contributed by atoms with Gasteiger partial charge >= 0.3 is 6.18 Å². The van der Waals surface area contributed by atoms with Gasteiger partial charge in [-0.2, -0.15) is 22.8 Å². The maximum Gasteiger partial charge on any atom is 0.417 e. The number of hydrogen-bond donors (Lipinski definition) is 0. The zero-order valence-electron chi connectivity index (χ0n) is 8.02. The summed E-state index contributed by atoms with van der Waals surface area (Å²) in [4.78, 5) is 2.80. The van der Waals surface area contributed by atoms with Crippen LogP contribution in [0.15, 0.2) is 6.20 Å². The standard InChI is InChI=1S/C9H4F6N2/c10-7(11)5-6(9(13,14)15)4(1-2-16)3-17-8(5)12/h3,7H,1H2. The quantitative estimate of drug-likeness (QED) is 0.600. The Balaban J connectivity index is 3.57. The maximum absolute atomic E-state index is 12.9. The minimum atomic E-state index is -5.16. The second-order valence-electron chi connectivity index (χ2n) is 3.00. The summed E-state index contributed by atoms with van der Waals surface area (Å²) in [5, 5.41) is 8.28. The van der Waals surface area contributed by atoms with E-state index in [-0.39, 0.29) is 0 Å². The van der Waals surface area contributed by atoms with Crippen molar-refractivity contribution in [3.8, 4) is 6.07 Å². The normalized spacial score (nSPS) is 11.6. The van der Waals surface area contributed by atoms with Gasteiger partial charge in [0.2, 0.25) is 5.95 Å². The smallest absolute Gasteiger partial charge is 0.228 e. The molecule has 8 heteroatoms. The van der Waals surface area contributed by atoms with E-state index in [2.05, 4.69) is 4.98 Å². The van der Waals surface area contributed by atoms with Gasteiger partial charge in [-0.05, 0) is 5.56 Å². The number of rotatable bonds is 2. The molecule has 0 amide bonds. The van der Waals surface area contributed by atoms with Crippen molar-refractivity contribution in [2.24, 2.45) is 0 Å². The average Bonchev–Trinajstić information content (AvgIpc) is 2.18. The van der Waals surface area contributed by atoms with Crippen molar-refractivity contribution in [2.75, 3.05) is 0 Å². The Morgan fingerprint density at radius 3 is 2.35 bits per heavy atom. The lowest BCUT2D eigenvalue weighted by Crippen LogP contribution is -2.16. The highest BCUT2D eigenvalue weighted by Crippen LogP contribution is 2.39. The first-order chi connectivity index (χ1) is 7.79.